The van der Waals surface area contributed by atoms with Crippen LogP contribution in [-0.2, 0) is 15.7 Å². The fraction of sp³-hybridized carbons (Fsp3) is 0.176. The number of halogens is 4. The van der Waals surface area contributed by atoms with E-state index in [2.05, 4.69) is 0 Å². The molecule has 0 aliphatic heterocycles. The van der Waals surface area contributed by atoms with Crippen LogP contribution in [0.25, 0.3) is 0 Å². The van der Waals surface area contributed by atoms with Gasteiger partial charge in [-0.3, -0.25) is 14.9 Å². The lowest BCUT2D eigenvalue weighted by Gasteiger charge is -2.17. The Hall–Kier alpha value is -3.34. The highest BCUT2D eigenvalue weighted by atomic mass is 35.5. The maximum Gasteiger partial charge on any atom is 0.418 e. The van der Waals surface area contributed by atoms with Crippen molar-refractivity contribution in [3.05, 3.63) is 62.7 Å². The van der Waals surface area contributed by atoms with E-state index < -0.39 is 51.8 Å². The van der Waals surface area contributed by atoms with Crippen LogP contribution in [0.2, 0.25) is 5.02 Å². The number of nitro groups is 1. The average Bonchev–Trinajstić information content (AvgIpc) is 2.60. The summed E-state index contributed by atoms with van der Waals surface area (Å²) in [5.41, 5.74) is -3.30. The number of amides is 1. The van der Waals surface area contributed by atoms with Crippen molar-refractivity contribution >= 4 is 34.9 Å². The van der Waals surface area contributed by atoms with Crippen molar-refractivity contribution in [1.29, 1.82) is 0 Å². The molecule has 1 atom stereocenters. The minimum absolute atomic E-state index is 0.141. The standard InChI is InChI=1S/C17H12ClF3N2O6/c1-8(29-16(26)11-4-2-9(18)6-14(11)24)15(25)22-13-5-3-10(23(27)28)7-12(13)17(19,20)21/h2-8,24H,1H3,(H,22,25). The molecule has 2 aromatic carbocycles. The summed E-state index contributed by atoms with van der Waals surface area (Å²) in [6.07, 6.45) is -6.53. The number of carbonyl (C=O) groups is 2. The quantitative estimate of drug-likeness (QED) is 0.416. The van der Waals surface area contributed by atoms with E-state index in [4.69, 9.17) is 16.3 Å². The first-order valence-corrected chi connectivity index (χ1v) is 8.14. The van der Waals surface area contributed by atoms with Gasteiger partial charge in [-0.25, -0.2) is 4.79 Å². The number of nitro benzene ring substituents is 1. The van der Waals surface area contributed by atoms with Gasteiger partial charge in [-0.05, 0) is 31.2 Å². The molecule has 0 saturated carbocycles. The van der Waals surface area contributed by atoms with Gasteiger partial charge in [0.05, 0.1) is 16.2 Å². The van der Waals surface area contributed by atoms with Crippen LogP contribution in [0, 0.1) is 10.1 Å². The molecule has 1 unspecified atom stereocenters. The van der Waals surface area contributed by atoms with Crippen molar-refractivity contribution < 1.29 is 37.5 Å². The summed E-state index contributed by atoms with van der Waals surface area (Å²) in [5, 5.41) is 22.4. The largest absolute Gasteiger partial charge is 0.507 e. The van der Waals surface area contributed by atoms with Gasteiger partial charge in [-0.2, -0.15) is 13.2 Å². The van der Waals surface area contributed by atoms with E-state index in [-0.39, 0.29) is 16.7 Å². The predicted molar refractivity (Wildman–Crippen MR) is 94.7 cm³/mol. The molecule has 2 N–H and O–H groups in total. The lowest BCUT2D eigenvalue weighted by molar-refractivity contribution is -0.385. The van der Waals surface area contributed by atoms with E-state index >= 15 is 0 Å². The van der Waals surface area contributed by atoms with Gasteiger partial charge in [0.25, 0.3) is 11.6 Å². The lowest BCUT2D eigenvalue weighted by Crippen LogP contribution is -2.30. The summed E-state index contributed by atoms with van der Waals surface area (Å²) in [7, 11) is 0. The number of aromatic hydroxyl groups is 1. The van der Waals surface area contributed by atoms with Crippen LogP contribution in [0.4, 0.5) is 24.5 Å². The molecular formula is C17H12ClF3N2O6. The molecule has 12 heteroatoms. The number of carbonyl (C=O) groups excluding carboxylic acids is 2. The first kappa shape index (κ1) is 22.0. The molecule has 0 aliphatic rings. The first-order chi connectivity index (χ1) is 13.4. The Morgan fingerprint density at radius 2 is 1.90 bits per heavy atom. The minimum atomic E-state index is -4.98. The van der Waals surface area contributed by atoms with Crippen molar-refractivity contribution in [2.45, 2.75) is 19.2 Å². The lowest BCUT2D eigenvalue weighted by atomic mass is 10.1. The highest BCUT2D eigenvalue weighted by Crippen LogP contribution is 2.37. The fourth-order valence-electron chi connectivity index (χ4n) is 2.18. The molecule has 0 aliphatic carbocycles. The summed E-state index contributed by atoms with van der Waals surface area (Å²) in [6, 6.07) is 5.27. The second-order valence-electron chi connectivity index (χ2n) is 5.68. The minimum Gasteiger partial charge on any atom is -0.507 e. The number of alkyl halides is 3. The molecule has 2 rings (SSSR count). The number of rotatable bonds is 5. The summed E-state index contributed by atoms with van der Waals surface area (Å²) >= 11 is 5.64. The summed E-state index contributed by atoms with van der Waals surface area (Å²) in [6.45, 7) is 1.10. The van der Waals surface area contributed by atoms with Gasteiger partial charge in [0, 0.05) is 17.2 Å². The van der Waals surface area contributed by atoms with E-state index in [0.717, 1.165) is 31.2 Å². The number of ether oxygens (including phenoxy) is 1. The van der Waals surface area contributed by atoms with Gasteiger partial charge in [-0.1, -0.05) is 11.6 Å². The number of phenolic OH excluding ortho intramolecular Hbond substituents is 1. The maximum absolute atomic E-state index is 13.2. The molecular weight excluding hydrogens is 421 g/mol. The molecule has 0 fully saturated rings. The zero-order chi connectivity index (χ0) is 21.9. The highest BCUT2D eigenvalue weighted by Gasteiger charge is 2.36. The molecule has 29 heavy (non-hydrogen) atoms. The number of hydrogen-bond donors (Lipinski definition) is 2. The Morgan fingerprint density at radius 1 is 1.24 bits per heavy atom. The number of phenols is 1. The summed E-state index contributed by atoms with van der Waals surface area (Å²) < 4.78 is 44.3. The van der Waals surface area contributed by atoms with Crippen LogP contribution in [0.1, 0.15) is 22.8 Å². The smallest absolute Gasteiger partial charge is 0.418 e. The number of hydrogen-bond acceptors (Lipinski definition) is 6. The van der Waals surface area contributed by atoms with Gasteiger partial charge >= 0.3 is 12.1 Å². The van der Waals surface area contributed by atoms with Crippen molar-refractivity contribution in [2.75, 3.05) is 5.32 Å². The van der Waals surface area contributed by atoms with Crippen molar-refractivity contribution in [2.24, 2.45) is 0 Å². The van der Waals surface area contributed by atoms with Crippen LogP contribution in [-0.4, -0.2) is 28.0 Å². The van der Waals surface area contributed by atoms with Crippen LogP contribution in [0.15, 0.2) is 36.4 Å². The van der Waals surface area contributed by atoms with E-state index in [1.54, 1.807) is 0 Å². The van der Waals surface area contributed by atoms with E-state index in [1.807, 2.05) is 5.32 Å². The summed E-state index contributed by atoms with van der Waals surface area (Å²) in [4.78, 5) is 33.9. The number of anilines is 1. The Morgan fingerprint density at radius 3 is 2.45 bits per heavy atom. The number of nitrogens with zero attached hydrogens (tertiary/aromatic N) is 1. The Labute approximate surface area is 166 Å². The van der Waals surface area contributed by atoms with Crippen LogP contribution < -0.4 is 5.32 Å². The van der Waals surface area contributed by atoms with Gasteiger partial charge in [-0.15, -0.1) is 0 Å². The van der Waals surface area contributed by atoms with Gasteiger partial charge in [0.15, 0.2) is 6.10 Å². The van der Waals surface area contributed by atoms with Crippen molar-refractivity contribution in [1.82, 2.24) is 0 Å². The van der Waals surface area contributed by atoms with Gasteiger partial charge in [0.2, 0.25) is 0 Å². The van der Waals surface area contributed by atoms with E-state index in [1.165, 1.54) is 6.07 Å². The Balaban J connectivity index is 2.19. The third kappa shape index (κ3) is 5.35. The van der Waals surface area contributed by atoms with Gasteiger partial charge < -0.3 is 15.2 Å². The third-order valence-corrected chi connectivity index (χ3v) is 3.85. The van der Waals surface area contributed by atoms with Crippen LogP contribution in [0.3, 0.4) is 0 Å². The molecule has 154 valence electrons. The van der Waals surface area contributed by atoms with E-state index in [0.29, 0.717) is 0 Å². The highest BCUT2D eigenvalue weighted by molar-refractivity contribution is 6.30. The van der Waals surface area contributed by atoms with Crippen LogP contribution >= 0.6 is 11.6 Å². The topological polar surface area (TPSA) is 119 Å². The molecule has 8 nitrogen and oxygen atoms in total. The molecule has 1 amide bonds. The molecule has 2 aromatic rings. The van der Waals surface area contributed by atoms with E-state index in [9.17, 15) is 38.0 Å². The Bertz CT molecular complexity index is 980. The maximum atomic E-state index is 13.2. The predicted octanol–water partition coefficient (Wildman–Crippen LogP) is 4.16. The molecule has 0 saturated heterocycles. The van der Waals surface area contributed by atoms with Crippen molar-refractivity contribution in [3.8, 4) is 5.75 Å². The molecule has 0 spiro atoms. The normalized spacial score (nSPS) is 12.2. The monoisotopic (exact) mass is 432 g/mol. The zero-order valence-corrected chi connectivity index (χ0v) is 15.2. The SMILES string of the molecule is CC(OC(=O)c1ccc(Cl)cc1O)C(=O)Nc1ccc([N+](=O)[O-])cc1C(F)(F)F. The number of non-ortho nitro benzene ring substituents is 1. The fourth-order valence-corrected chi connectivity index (χ4v) is 2.35. The first-order valence-electron chi connectivity index (χ1n) is 7.76. The van der Waals surface area contributed by atoms with Crippen LogP contribution in [0.5, 0.6) is 5.75 Å². The number of nitrogens with one attached hydrogen (secondary N) is 1. The van der Waals surface area contributed by atoms with Gasteiger partial charge in [0.1, 0.15) is 11.3 Å². The number of esters is 1. The number of benzene rings is 2. The molecule has 0 bridgehead atoms. The third-order valence-electron chi connectivity index (χ3n) is 3.61. The second-order valence-corrected chi connectivity index (χ2v) is 6.12. The van der Waals surface area contributed by atoms with Crippen molar-refractivity contribution in [3.63, 3.8) is 0 Å². The average molecular weight is 433 g/mol. The molecule has 0 heterocycles. The second kappa shape index (κ2) is 8.35. The zero-order valence-electron chi connectivity index (χ0n) is 14.5. The Kier molecular flexibility index (Phi) is 6.32. The molecule has 0 radical (unpaired) electrons. The molecule has 0 aromatic heterocycles. The summed E-state index contributed by atoms with van der Waals surface area (Å²) in [5.74, 6) is -2.74.